The number of hydrogen-bond donors (Lipinski definition) is 2. The molecule has 2 N–H and O–H groups in total. The van der Waals surface area contributed by atoms with Crippen molar-refractivity contribution in [1.29, 1.82) is 0 Å². The molecule has 0 aromatic carbocycles. The number of hydrogen-bond acceptors (Lipinski definition) is 6. The van der Waals surface area contributed by atoms with Gasteiger partial charge in [0.2, 0.25) is 5.95 Å². The van der Waals surface area contributed by atoms with Crippen molar-refractivity contribution in [3.8, 4) is 11.3 Å². The number of carbonyl (C=O) groups is 1. The predicted molar refractivity (Wildman–Crippen MR) is 98.1 cm³/mol. The summed E-state index contributed by atoms with van der Waals surface area (Å²) in [5.41, 5.74) is 0.931. The summed E-state index contributed by atoms with van der Waals surface area (Å²) in [5, 5.41) is 5.69. The molecule has 2 aromatic heterocycles. The van der Waals surface area contributed by atoms with Crippen LogP contribution in [0.3, 0.4) is 0 Å². The minimum atomic E-state index is -0.518. The van der Waals surface area contributed by atoms with Crippen molar-refractivity contribution in [2.24, 2.45) is 0 Å². The third kappa shape index (κ3) is 5.81. The van der Waals surface area contributed by atoms with Crippen molar-refractivity contribution in [3.63, 3.8) is 0 Å². The molecular formula is C15H18Cl2N4O2S. The highest BCUT2D eigenvalue weighted by Crippen LogP contribution is 2.37. The van der Waals surface area contributed by atoms with Crippen LogP contribution in [0, 0.1) is 0 Å². The number of anilines is 1. The largest absolute Gasteiger partial charge is 0.444 e. The van der Waals surface area contributed by atoms with Gasteiger partial charge >= 0.3 is 6.09 Å². The molecule has 0 aliphatic carbocycles. The first-order valence-electron chi connectivity index (χ1n) is 7.23. The Morgan fingerprint density at radius 3 is 2.71 bits per heavy atom. The van der Waals surface area contributed by atoms with Crippen LogP contribution in [0.2, 0.25) is 8.67 Å². The number of ether oxygens (including phenoxy) is 1. The minimum absolute atomic E-state index is 0.382. The van der Waals surface area contributed by atoms with Crippen LogP contribution in [0.5, 0.6) is 0 Å². The lowest BCUT2D eigenvalue weighted by Gasteiger charge is -2.19. The maximum absolute atomic E-state index is 11.5. The van der Waals surface area contributed by atoms with Gasteiger partial charge in [-0.1, -0.05) is 23.2 Å². The fourth-order valence-electron chi connectivity index (χ4n) is 1.76. The number of nitrogens with zero attached hydrogens (tertiary/aromatic N) is 2. The predicted octanol–water partition coefficient (Wildman–Crippen LogP) is 4.45. The summed E-state index contributed by atoms with van der Waals surface area (Å²) in [6.07, 6.45) is 1.17. The molecule has 6 nitrogen and oxygen atoms in total. The van der Waals surface area contributed by atoms with Crippen LogP contribution in [0.15, 0.2) is 18.3 Å². The normalized spacial score (nSPS) is 11.2. The zero-order valence-corrected chi connectivity index (χ0v) is 15.8. The Bertz CT molecular complexity index is 716. The Morgan fingerprint density at radius 1 is 1.33 bits per heavy atom. The zero-order valence-electron chi connectivity index (χ0n) is 13.5. The van der Waals surface area contributed by atoms with E-state index in [1.54, 1.807) is 18.3 Å². The number of rotatable bonds is 5. The number of amides is 1. The first-order chi connectivity index (χ1) is 11.2. The van der Waals surface area contributed by atoms with E-state index in [2.05, 4.69) is 20.6 Å². The molecule has 0 fully saturated rings. The third-order valence-electron chi connectivity index (χ3n) is 2.66. The third-order valence-corrected chi connectivity index (χ3v) is 4.15. The van der Waals surface area contributed by atoms with E-state index in [1.165, 1.54) is 11.3 Å². The molecule has 0 aliphatic heterocycles. The van der Waals surface area contributed by atoms with Crippen molar-refractivity contribution >= 4 is 46.6 Å². The van der Waals surface area contributed by atoms with Crippen LogP contribution in [0.25, 0.3) is 11.3 Å². The molecule has 2 aromatic rings. The van der Waals surface area contributed by atoms with Crippen molar-refractivity contribution in [2.75, 3.05) is 18.4 Å². The summed E-state index contributed by atoms with van der Waals surface area (Å²) in [6, 6.07) is 3.53. The standard InChI is InChI=1S/C15H18Cl2N4O2S/c1-15(2,3)23-14(22)20-7-6-19-13-18-5-4-10(21-13)9-8-11(16)24-12(9)17/h4-5,8H,6-7H2,1-3H3,(H,20,22)(H,18,19,21). The molecular weight excluding hydrogens is 371 g/mol. The molecule has 0 saturated heterocycles. The van der Waals surface area contributed by atoms with Gasteiger partial charge < -0.3 is 15.4 Å². The second-order valence-corrected chi connectivity index (χ2v) is 8.14. The average Bonchev–Trinajstić information content (AvgIpc) is 2.81. The monoisotopic (exact) mass is 388 g/mol. The summed E-state index contributed by atoms with van der Waals surface area (Å²) in [4.78, 5) is 20.1. The maximum Gasteiger partial charge on any atom is 0.407 e. The Balaban J connectivity index is 1.87. The van der Waals surface area contributed by atoms with E-state index >= 15 is 0 Å². The van der Waals surface area contributed by atoms with Gasteiger partial charge in [-0.05, 0) is 32.9 Å². The van der Waals surface area contributed by atoms with Gasteiger partial charge in [0.05, 0.1) is 10.0 Å². The number of nitrogens with one attached hydrogen (secondary N) is 2. The lowest BCUT2D eigenvalue weighted by Crippen LogP contribution is -2.35. The number of carbonyl (C=O) groups excluding carboxylic acids is 1. The molecule has 0 unspecified atom stereocenters. The molecule has 130 valence electrons. The first kappa shape index (κ1) is 18.8. The molecule has 0 aliphatic rings. The van der Waals surface area contributed by atoms with E-state index in [0.717, 1.165) is 5.56 Å². The van der Waals surface area contributed by atoms with Gasteiger partial charge in [0.25, 0.3) is 0 Å². The molecule has 0 saturated carbocycles. The quantitative estimate of drug-likeness (QED) is 0.739. The van der Waals surface area contributed by atoms with E-state index in [4.69, 9.17) is 27.9 Å². The van der Waals surface area contributed by atoms with Gasteiger partial charge in [0, 0.05) is 24.8 Å². The fourth-order valence-corrected chi connectivity index (χ4v) is 3.24. The molecule has 0 radical (unpaired) electrons. The molecule has 2 rings (SSSR count). The highest BCUT2D eigenvalue weighted by Gasteiger charge is 2.15. The second-order valence-electron chi connectivity index (χ2n) is 5.86. The van der Waals surface area contributed by atoms with Crippen LogP contribution in [0.1, 0.15) is 20.8 Å². The van der Waals surface area contributed by atoms with E-state index in [1.807, 2.05) is 20.8 Å². The lowest BCUT2D eigenvalue weighted by molar-refractivity contribution is 0.0530. The summed E-state index contributed by atoms with van der Waals surface area (Å²) < 4.78 is 6.33. The molecule has 0 spiro atoms. The molecule has 0 atom stereocenters. The summed E-state index contributed by atoms with van der Waals surface area (Å²) in [5.74, 6) is 0.442. The van der Waals surface area contributed by atoms with Gasteiger partial charge in [-0.3, -0.25) is 0 Å². The van der Waals surface area contributed by atoms with Gasteiger partial charge in [-0.25, -0.2) is 14.8 Å². The zero-order chi connectivity index (χ0) is 17.7. The van der Waals surface area contributed by atoms with Crippen LogP contribution in [0.4, 0.5) is 10.7 Å². The molecule has 9 heteroatoms. The highest BCUT2D eigenvalue weighted by molar-refractivity contribution is 7.20. The molecule has 0 bridgehead atoms. The van der Waals surface area contributed by atoms with Gasteiger partial charge in [0.15, 0.2) is 0 Å². The summed E-state index contributed by atoms with van der Waals surface area (Å²) >= 11 is 13.4. The van der Waals surface area contributed by atoms with Gasteiger partial charge in [-0.2, -0.15) is 0 Å². The smallest absolute Gasteiger partial charge is 0.407 e. The van der Waals surface area contributed by atoms with Crippen molar-refractivity contribution in [1.82, 2.24) is 15.3 Å². The van der Waals surface area contributed by atoms with Gasteiger partial charge in [-0.15, -0.1) is 11.3 Å². The van der Waals surface area contributed by atoms with Crippen LogP contribution >= 0.6 is 34.5 Å². The Hall–Kier alpha value is -1.57. The van der Waals surface area contributed by atoms with Crippen molar-refractivity contribution < 1.29 is 9.53 Å². The van der Waals surface area contributed by atoms with Crippen LogP contribution in [-0.4, -0.2) is 34.8 Å². The molecule has 2 heterocycles. The summed E-state index contributed by atoms with van der Waals surface area (Å²) in [6.45, 7) is 6.28. The van der Waals surface area contributed by atoms with Crippen molar-refractivity contribution in [2.45, 2.75) is 26.4 Å². The van der Waals surface area contributed by atoms with Gasteiger partial charge in [0.1, 0.15) is 9.94 Å². The highest BCUT2D eigenvalue weighted by atomic mass is 35.5. The van der Waals surface area contributed by atoms with Crippen LogP contribution < -0.4 is 10.6 Å². The molecule has 1 amide bonds. The van der Waals surface area contributed by atoms with Crippen LogP contribution in [-0.2, 0) is 4.74 Å². The topological polar surface area (TPSA) is 76.1 Å². The van der Waals surface area contributed by atoms with Crippen molar-refractivity contribution in [3.05, 3.63) is 27.0 Å². The Kier molecular flexibility index (Phi) is 6.26. The maximum atomic E-state index is 11.5. The van der Waals surface area contributed by atoms with E-state index in [-0.39, 0.29) is 0 Å². The second kappa shape index (κ2) is 8.00. The lowest BCUT2D eigenvalue weighted by atomic mass is 10.2. The molecule has 24 heavy (non-hydrogen) atoms. The number of halogens is 2. The number of aromatic nitrogens is 2. The number of thiophene rings is 1. The average molecular weight is 389 g/mol. The first-order valence-corrected chi connectivity index (χ1v) is 8.81. The summed E-state index contributed by atoms with van der Waals surface area (Å²) in [7, 11) is 0. The fraction of sp³-hybridized carbons (Fsp3) is 0.400. The van der Waals surface area contributed by atoms with E-state index < -0.39 is 11.7 Å². The Labute approximate surface area is 154 Å². The van der Waals surface area contributed by atoms with E-state index in [0.29, 0.717) is 33.4 Å². The minimum Gasteiger partial charge on any atom is -0.444 e. The van der Waals surface area contributed by atoms with E-state index in [9.17, 15) is 4.79 Å². The number of alkyl carbamates (subject to hydrolysis) is 1. The Morgan fingerprint density at radius 2 is 2.08 bits per heavy atom. The SMILES string of the molecule is CC(C)(C)OC(=O)NCCNc1nccc(-c2cc(Cl)sc2Cl)n1.